The molecule has 0 aliphatic heterocycles. The number of hydrogen-bond donors (Lipinski definition) is 1. The standard InChI is InChI=1S/C12H14N2O3/c1-3-14(2)12(17)11-9(5-4-8-13-11)6-7-10(15)16/h4-8H,3H2,1-2H3,(H,15,16)/b7-6+. The van der Waals surface area contributed by atoms with Crippen molar-refractivity contribution in [1.29, 1.82) is 0 Å². The molecule has 0 unspecified atom stereocenters. The van der Waals surface area contributed by atoms with E-state index in [-0.39, 0.29) is 11.6 Å². The second-order valence-corrected chi connectivity index (χ2v) is 3.43. The monoisotopic (exact) mass is 234 g/mol. The van der Waals surface area contributed by atoms with Gasteiger partial charge in [-0.05, 0) is 19.1 Å². The number of carboxylic acids is 1. The fraction of sp³-hybridized carbons (Fsp3) is 0.250. The molecule has 0 fully saturated rings. The van der Waals surface area contributed by atoms with Crippen molar-refractivity contribution in [3.8, 4) is 0 Å². The molecule has 5 nitrogen and oxygen atoms in total. The molecule has 1 rings (SSSR count). The first kappa shape index (κ1) is 12.9. The van der Waals surface area contributed by atoms with Gasteiger partial charge in [-0.25, -0.2) is 4.79 Å². The summed E-state index contributed by atoms with van der Waals surface area (Å²) in [5, 5.41) is 8.56. The van der Waals surface area contributed by atoms with E-state index in [4.69, 9.17) is 5.11 Å². The second-order valence-electron chi connectivity index (χ2n) is 3.43. The fourth-order valence-electron chi connectivity index (χ4n) is 1.22. The van der Waals surface area contributed by atoms with Crippen LogP contribution < -0.4 is 0 Å². The molecule has 0 saturated heterocycles. The van der Waals surface area contributed by atoms with Crippen molar-refractivity contribution in [1.82, 2.24) is 9.88 Å². The van der Waals surface area contributed by atoms with Gasteiger partial charge < -0.3 is 10.0 Å². The molecule has 1 heterocycles. The largest absolute Gasteiger partial charge is 0.478 e. The Hall–Kier alpha value is -2.17. The highest BCUT2D eigenvalue weighted by atomic mass is 16.4. The minimum Gasteiger partial charge on any atom is -0.478 e. The summed E-state index contributed by atoms with van der Waals surface area (Å²) in [7, 11) is 1.67. The van der Waals surface area contributed by atoms with E-state index in [0.717, 1.165) is 6.08 Å². The van der Waals surface area contributed by atoms with Crippen LogP contribution in [-0.4, -0.2) is 40.5 Å². The molecule has 0 saturated carbocycles. The summed E-state index contributed by atoms with van der Waals surface area (Å²) in [6, 6.07) is 3.31. The van der Waals surface area contributed by atoms with Crippen LogP contribution in [-0.2, 0) is 4.79 Å². The number of nitrogens with zero attached hydrogens (tertiary/aromatic N) is 2. The SMILES string of the molecule is CCN(C)C(=O)c1ncccc1/C=C/C(=O)O. The van der Waals surface area contributed by atoms with Gasteiger partial charge in [-0.2, -0.15) is 0 Å². The number of amides is 1. The number of hydrogen-bond acceptors (Lipinski definition) is 3. The molecule has 1 amide bonds. The van der Waals surface area contributed by atoms with Crippen LogP contribution in [0.2, 0.25) is 0 Å². The molecule has 0 bridgehead atoms. The fourth-order valence-corrected chi connectivity index (χ4v) is 1.22. The molecule has 0 spiro atoms. The van der Waals surface area contributed by atoms with Crippen molar-refractivity contribution >= 4 is 18.0 Å². The minimum atomic E-state index is -1.06. The Morgan fingerprint density at radius 2 is 2.24 bits per heavy atom. The maximum Gasteiger partial charge on any atom is 0.328 e. The Balaban J connectivity index is 3.07. The van der Waals surface area contributed by atoms with Crippen LogP contribution >= 0.6 is 0 Å². The number of aliphatic carboxylic acids is 1. The van der Waals surface area contributed by atoms with E-state index < -0.39 is 5.97 Å². The average Bonchev–Trinajstić information content (AvgIpc) is 2.34. The zero-order chi connectivity index (χ0) is 12.8. The molecular formula is C12H14N2O3. The summed E-state index contributed by atoms with van der Waals surface area (Å²) in [4.78, 5) is 27.9. The molecule has 0 atom stereocenters. The van der Waals surface area contributed by atoms with Crippen LogP contribution in [0.15, 0.2) is 24.4 Å². The zero-order valence-corrected chi connectivity index (χ0v) is 9.75. The molecule has 17 heavy (non-hydrogen) atoms. The van der Waals surface area contributed by atoms with Gasteiger partial charge in [-0.1, -0.05) is 6.07 Å². The topological polar surface area (TPSA) is 70.5 Å². The normalized spacial score (nSPS) is 10.5. The van der Waals surface area contributed by atoms with E-state index in [9.17, 15) is 9.59 Å². The van der Waals surface area contributed by atoms with Crippen LogP contribution in [0.1, 0.15) is 23.0 Å². The van der Waals surface area contributed by atoms with Crippen LogP contribution in [0, 0.1) is 0 Å². The van der Waals surface area contributed by atoms with Gasteiger partial charge >= 0.3 is 5.97 Å². The predicted octanol–water partition coefficient (Wildman–Crippen LogP) is 1.27. The van der Waals surface area contributed by atoms with Gasteiger partial charge in [-0.15, -0.1) is 0 Å². The summed E-state index contributed by atoms with van der Waals surface area (Å²) in [6.45, 7) is 2.42. The van der Waals surface area contributed by atoms with Gasteiger partial charge in [0.1, 0.15) is 5.69 Å². The Morgan fingerprint density at radius 3 is 2.82 bits per heavy atom. The number of aromatic nitrogens is 1. The summed E-state index contributed by atoms with van der Waals surface area (Å²) in [5.41, 5.74) is 0.759. The van der Waals surface area contributed by atoms with Crippen molar-refractivity contribution < 1.29 is 14.7 Å². The maximum atomic E-state index is 11.9. The van der Waals surface area contributed by atoms with Gasteiger partial charge in [0, 0.05) is 31.4 Å². The third kappa shape index (κ3) is 3.41. The van der Waals surface area contributed by atoms with Crippen molar-refractivity contribution in [2.24, 2.45) is 0 Å². The van der Waals surface area contributed by atoms with Crippen LogP contribution in [0.3, 0.4) is 0 Å². The molecular weight excluding hydrogens is 220 g/mol. The van der Waals surface area contributed by atoms with Crippen molar-refractivity contribution in [3.05, 3.63) is 35.7 Å². The summed E-state index contributed by atoms with van der Waals surface area (Å²) in [5.74, 6) is -1.28. The first-order valence-electron chi connectivity index (χ1n) is 5.17. The van der Waals surface area contributed by atoms with Gasteiger partial charge in [-0.3, -0.25) is 9.78 Å². The third-order valence-corrected chi connectivity index (χ3v) is 2.27. The quantitative estimate of drug-likeness (QED) is 0.796. The van der Waals surface area contributed by atoms with Gasteiger partial charge in [0.15, 0.2) is 0 Å². The van der Waals surface area contributed by atoms with Crippen LogP contribution in [0.4, 0.5) is 0 Å². The van der Waals surface area contributed by atoms with E-state index in [2.05, 4.69) is 4.98 Å². The highest BCUT2D eigenvalue weighted by molar-refractivity contribution is 5.97. The summed E-state index contributed by atoms with van der Waals surface area (Å²) in [6.07, 6.45) is 3.86. The lowest BCUT2D eigenvalue weighted by Gasteiger charge is -2.14. The van der Waals surface area contributed by atoms with Crippen LogP contribution in [0.25, 0.3) is 6.08 Å². The number of pyridine rings is 1. The highest BCUT2D eigenvalue weighted by Gasteiger charge is 2.14. The Labute approximate surface area is 99.4 Å². The number of carbonyl (C=O) groups is 2. The number of rotatable bonds is 4. The Morgan fingerprint density at radius 1 is 1.53 bits per heavy atom. The maximum absolute atomic E-state index is 11.9. The molecule has 1 aromatic rings. The van der Waals surface area contributed by atoms with E-state index in [1.165, 1.54) is 17.2 Å². The summed E-state index contributed by atoms with van der Waals surface area (Å²) < 4.78 is 0. The van der Waals surface area contributed by atoms with Gasteiger partial charge in [0.05, 0.1) is 0 Å². The average molecular weight is 234 g/mol. The van der Waals surface area contributed by atoms with Gasteiger partial charge in [0.25, 0.3) is 5.91 Å². The lowest BCUT2D eigenvalue weighted by molar-refractivity contribution is -0.131. The number of carbonyl (C=O) groups excluding carboxylic acids is 1. The lowest BCUT2D eigenvalue weighted by Crippen LogP contribution is -2.27. The summed E-state index contributed by atoms with van der Waals surface area (Å²) >= 11 is 0. The molecule has 1 aromatic heterocycles. The zero-order valence-electron chi connectivity index (χ0n) is 9.75. The van der Waals surface area contributed by atoms with Crippen molar-refractivity contribution in [3.63, 3.8) is 0 Å². The van der Waals surface area contributed by atoms with E-state index >= 15 is 0 Å². The first-order valence-corrected chi connectivity index (χ1v) is 5.17. The molecule has 1 N–H and O–H groups in total. The first-order chi connectivity index (χ1) is 8.06. The molecule has 90 valence electrons. The van der Waals surface area contributed by atoms with E-state index in [0.29, 0.717) is 12.1 Å². The van der Waals surface area contributed by atoms with E-state index in [1.54, 1.807) is 19.2 Å². The predicted molar refractivity (Wildman–Crippen MR) is 63.5 cm³/mol. The molecule has 0 aromatic carbocycles. The molecule has 0 aliphatic rings. The van der Waals surface area contributed by atoms with Crippen LogP contribution in [0.5, 0.6) is 0 Å². The second kappa shape index (κ2) is 5.79. The smallest absolute Gasteiger partial charge is 0.328 e. The minimum absolute atomic E-state index is 0.224. The van der Waals surface area contributed by atoms with Gasteiger partial charge in [0.2, 0.25) is 0 Å². The highest BCUT2D eigenvalue weighted by Crippen LogP contribution is 2.10. The molecule has 0 radical (unpaired) electrons. The Bertz CT molecular complexity index is 455. The molecule has 0 aliphatic carbocycles. The Kier molecular flexibility index (Phi) is 4.39. The lowest BCUT2D eigenvalue weighted by atomic mass is 10.1. The third-order valence-electron chi connectivity index (χ3n) is 2.27. The van der Waals surface area contributed by atoms with E-state index in [1.807, 2.05) is 6.92 Å². The van der Waals surface area contributed by atoms with Crippen molar-refractivity contribution in [2.75, 3.05) is 13.6 Å². The number of carboxylic acid groups (broad SMARTS) is 1. The molecule has 5 heteroatoms. The van der Waals surface area contributed by atoms with Crippen molar-refractivity contribution in [2.45, 2.75) is 6.92 Å².